The van der Waals surface area contributed by atoms with Crippen LogP contribution in [0.5, 0.6) is 0 Å². The average Bonchev–Trinajstić information content (AvgIpc) is 2.54. The summed E-state index contributed by atoms with van der Waals surface area (Å²) >= 11 is 0.896. The van der Waals surface area contributed by atoms with E-state index in [2.05, 4.69) is 20.7 Å². The Morgan fingerprint density at radius 2 is 2.09 bits per heavy atom. The standard InChI is InChI=1S/C14H13N5O3S/c20-11(9-23-13-12(21)16-14(22)19-18-13)17-15-8-4-7-10-5-2-1-3-6-10/h1-8H,9H2,(H,17,20)(H2,16,19,21,22)/b7-4+,15-8?. The number of H-pyrrole nitrogens is 2. The molecule has 9 heteroatoms. The molecule has 0 fully saturated rings. The predicted octanol–water partition coefficient (Wildman–Crippen LogP) is 0.366. The van der Waals surface area contributed by atoms with E-state index in [1.54, 1.807) is 6.08 Å². The van der Waals surface area contributed by atoms with Crippen molar-refractivity contribution in [1.29, 1.82) is 0 Å². The first-order chi connectivity index (χ1) is 11.1. The monoisotopic (exact) mass is 331 g/mol. The summed E-state index contributed by atoms with van der Waals surface area (Å²) in [5, 5.41) is 9.39. The minimum Gasteiger partial charge on any atom is -0.272 e. The van der Waals surface area contributed by atoms with Crippen molar-refractivity contribution in [2.75, 3.05) is 5.75 Å². The summed E-state index contributed by atoms with van der Waals surface area (Å²) in [6, 6.07) is 9.64. The molecule has 1 heterocycles. The van der Waals surface area contributed by atoms with Crippen LogP contribution in [0.2, 0.25) is 0 Å². The summed E-state index contributed by atoms with van der Waals surface area (Å²) < 4.78 is 0. The molecule has 2 aromatic rings. The molecule has 3 N–H and O–H groups in total. The number of hydrogen-bond donors (Lipinski definition) is 3. The van der Waals surface area contributed by atoms with Crippen molar-refractivity contribution in [1.82, 2.24) is 20.6 Å². The summed E-state index contributed by atoms with van der Waals surface area (Å²) in [5.41, 5.74) is 2.00. The van der Waals surface area contributed by atoms with Crippen molar-refractivity contribution < 1.29 is 4.79 Å². The molecule has 0 atom stereocenters. The Bertz CT molecular complexity index is 826. The van der Waals surface area contributed by atoms with Crippen LogP contribution in [-0.2, 0) is 4.79 Å². The van der Waals surface area contributed by atoms with Crippen molar-refractivity contribution in [3.63, 3.8) is 0 Å². The Hall–Kier alpha value is -2.94. The van der Waals surface area contributed by atoms with Crippen molar-refractivity contribution in [2.45, 2.75) is 5.03 Å². The number of rotatable bonds is 6. The number of nitrogens with one attached hydrogen (secondary N) is 3. The van der Waals surface area contributed by atoms with Gasteiger partial charge in [-0.3, -0.25) is 14.6 Å². The van der Waals surface area contributed by atoms with E-state index in [9.17, 15) is 14.4 Å². The number of aromatic amines is 2. The van der Waals surface area contributed by atoms with E-state index >= 15 is 0 Å². The zero-order valence-electron chi connectivity index (χ0n) is 11.9. The second kappa shape index (κ2) is 8.49. The van der Waals surface area contributed by atoms with E-state index in [0.717, 1.165) is 17.3 Å². The number of hydrogen-bond acceptors (Lipinski definition) is 6. The minimum atomic E-state index is -0.696. The Kier molecular flexibility index (Phi) is 6.07. The number of allylic oxidation sites excluding steroid dienone is 1. The molecular formula is C14H13N5O3S. The molecule has 23 heavy (non-hydrogen) atoms. The van der Waals surface area contributed by atoms with E-state index in [-0.39, 0.29) is 10.8 Å². The van der Waals surface area contributed by atoms with Crippen LogP contribution in [0.3, 0.4) is 0 Å². The Labute approximate surface area is 134 Å². The first kappa shape index (κ1) is 16.4. The lowest BCUT2D eigenvalue weighted by atomic mass is 10.2. The highest BCUT2D eigenvalue weighted by atomic mass is 32.2. The minimum absolute atomic E-state index is 0.00713. The van der Waals surface area contributed by atoms with E-state index in [1.165, 1.54) is 6.21 Å². The molecule has 2 rings (SSSR count). The SMILES string of the molecule is O=C(CSc1n[nH]c(=O)[nH]c1=O)NN=C/C=C/c1ccccc1. The number of carbonyl (C=O) groups is 1. The number of benzene rings is 1. The summed E-state index contributed by atoms with van der Waals surface area (Å²) in [4.78, 5) is 35.7. The summed E-state index contributed by atoms with van der Waals surface area (Å²) in [6.07, 6.45) is 4.98. The summed E-state index contributed by atoms with van der Waals surface area (Å²) in [7, 11) is 0. The maximum absolute atomic E-state index is 11.5. The van der Waals surface area contributed by atoms with E-state index in [0.29, 0.717) is 0 Å². The van der Waals surface area contributed by atoms with Gasteiger partial charge in [-0.2, -0.15) is 10.2 Å². The van der Waals surface area contributed by atoms with Crippen LogP contribution in [-0.4, -0.2) is 33.1 Å². The number of amides is 1. The zero-order valence-corrected chi connectivity index (χ0v) is 12.7. The predicted molar refractivity (Wildman–Crippen MR) is 88.3 cm³/mol. The average molecular weight is 331 g/mol. The lowest BCUT2D eigenvalue weighted by molar-refractivity contribution is -0.118. The second-order valence-electron chi connectivity index (χ2n) is 4.18. The largest absolute Gasteiger partial charge is 0.342 e. The van der Waals surface area contributed by atoms with Crippen LogP contribution in [0, 0.1) is 0 Å². The fourth-order valence-electron chi connectivity index (χ4n) is 1.47. The Morgan fingerprint density at radius 3 is 2.83 bits per heavy atom. The molecule has 0 radical (unpaired) electrons. The third-order valence-electron chi connectivity index (χ3n) is 2.46. The van der Waals surface area contributed by atoms with Crippen LogP contribution >= 0.6 is 11.8 Å². The van der Waals surface area contributed by atoms with Gasteiger partial charge in [0.1, 0.15) is 0 Å². The molecule has 0 unspecified atom stereocenters. The molecule has 0 saturated heterocycles. The van der Waals surface area contributed by atoms with E-state index in [4.69, 9.17) is 0 Å². The number of thioether (sulfide) groups is 1. The van der Waals surface area contributed by atoms with Crippen molar-refractivity contribution in [3.8, 4) is 0 Å². The van der Waals surface area contributed by atoms with Crippen molar-refractivity contribution >= 4 is 30.0 Å². The Morgan fingerprint density at radius 1 is 1.30 bits per heavy atom. The molecule has 1 aromatic heterocycles. The number of aromatic nitrogens is 3. The van der Waals surface area contributed by atoms with Gasteiger partial charge in [-0.15, -0.1) is 0 Å². The quantitative estimate of drug-likeness (QED) is 0.401. The highest BCUT2D eigenvalue weighted by Gasteiger charge is 2.06. The molecule has 0 saturated carbocycles. The molecule has 0 aliphatic carbocycles. The van der Waals surface area contributed by atoms with Gasteiger partial charge in [-0.25, -0.2) is 15.3 Å². The van der Waals surface area contributed by atoms with Gasteiger partial charge in [-0.05, 0) is 11.6 Å². The summed E-state index contributed by atoms with van der Waals surface area (Å²) in [5.74, 6) is -0.450. The molecule has 118 valence electrons. The van der Waals surface area contributed by atoms with Gasteiger partial charge in [0.05, 0.1) is 5.75 Å². The van der Waals surface area contributed by atoms with Crippen LogP contribution in [0.25, 0.3) is 6.08 Å². The normalized spacial score (nSPS) is 11.1. The van der Waals surface area contributed by atoms with Gasteiger partial charge < -0.3 is 0 Å². The fraction of sp³-hybridized carbons (Fsp3) is 0.0714. The van der Waals surface area contributed by atoms with Gasteiger partial charge in [0.2, 0.25) is 5.91 Å². The molecule has 1 aromatic carbocycles. The van der Waals surface area contributed by atoms with Crippen LogP contribution in [0.15, 0.2) is 56.1 Å². The van der Waals surface area contributed by atoms with Gasteiger partial charge in [0.25, 0.3) is 5.56 Å². The highest BCUT2D eigenvalue weighted by molar-refractivity contribution is 7.99. The number of nitrogens with zero attached hydrogens (tertiary/aromatic N) is 2. The van der Waals surface area contributed by atoms with E-state index < -0.39 is 17.2 Å². The zero-order chi connectivity index (χ0) is 16.5. The van der Waals surface area contributed by atoms with Crippen LogP contribution in [0.4, 0.5) is 0 Å². The fourth-order valence-corrected chi connectivity index (χ4v) is 2.10. The third kappa shape index (κ3) is 5.75. The number of hydrazone groups is 1. The highest BCUT2D eigenvalue weighted by Crippen LogP contribution is 2.06. The van der Waals surface area contributed by atoms with Gasteiger partial charge >= 0.3 is 5.69 Å². The van der Waals surface area contributed by atoms with E-state index in [1.807, 2.05) is 41.4 Å². The molecular weight excluding hydrogens is 318 g/mol. The molecule has 8 nitrogen and oxygen atoms in total. The molecule has 0 bridgehead atoms. The van der Waals surface area contributed by atoms with Crippen LogP contribution in [0.1, 0.15) is 5.56 Å². The van der Waals surface area contributed by atoms with Gasteiger partial charge in [-0.1, -0.05) is 48.2 Å². The maximum atomic E-state index is 11.5. The Balaban J connectivity index is 1.77. The smallest absolute Gasteiger partial charge is 0.272 e. The topological polar surface area (TPSA) is 120 Å². The van der Waals surface area contributed by atoms with Crippen molar-refractivity contribution in [3.05, 3.63) is 62.8 Å². The van der Waals surface area contributed by atoms with Gasteiger partial charge in [0, 0.05) is 6.21 Å². The first-order valence-corrected chi connectivity index (χ1v) is 7.49. The van der Waals surface area contributed by atoms with Crippen molar-refractivity contribution in [2.24, 2.45) is 5.10 Å². The molecule has 0 aliphatic heterocycles. The van der Waals surface area contributed by atoms with Gasteiger partial charge in [0.15, 0.2) is 5.03 Å². The van der Waals surface area contributed by atoms with Crippen LogP contribution < -0.4 is 16.7 Å². The molecule has 0 spiro atoms. The third-order valence-corrected chi connectivity index (χ3v) is 3.42. The number of carbonyl (C=O) groups excluding carboxylic acids is 1. The maximum Gasteiger partial charge on any atom is 0.342 e. The summed E-state index contributed by atoms with van der Waals surface area (Å²) in [6.45, 7) is 0. The first-order valence-electron chi connectivity index (χ1n) is 6.50. The lowest BCUT2D eigenvalue weighted by Crippen LogP contribution is -2.26. The lowest BCUT2D eigenvalue weighted by Gasteiger charge is -1.98. The molecule has 1 amide bonds. The second-order valence-corrected chi connectivity index (χ2v) is 5.15. The molecule has 0 aliphatic rings.